The average molecular weight is 396 g/mol. The highest BCUT2D eigenvalue weighted by Gasteiger charge is 2.23. The molecule has 1 saturated heterocycles. The Morgan fingerprint density at radius 1 is 1.21 bits per heavy atom. The summed E-state index contributed by atoms with van der Waals surface area (Å²) in [6, 6.07) is 7.14. The number of carbonyl (C=O) groups is 2. The number of nitrogens with one attached hydrogen (secondary N) is 2. The van der Waals surface area contributed by atoms with Crippen molar-refractivity contribution >= 4 is 29.0 Å². The lowest BCUT2D eigenvalue weighted by molar-refractivity contribution is -0.118. The van der Waals surface area contributed by atoms with Crippen molar-refractivity contribution in [3.05, 3.63) is 42.4 Å². The molecule has 1 aromatic heterocycles. The van der Waals surface area contributed by atoms with Crippen molar-refractivity contribution in [2.45, 2.75) is 45.1 Å². The second-order valence-electron chi connectivity index (χ2n) is 7.19. The van der Waals surface area contributed by atoms with E-state index < -0.39 is 11.9 Å². The summed E-state index contributed by atoms with van der Waals surface area (Å²) in [7, 11) is 0. The lowest BCUT2D eigenvalue weighted by atomic mass is 10.1. The Morgan fingerprint density at radius 3 is 2.69 bits per heavy atom. The van der Waals surface area contributed by atoms with E-state index in [4.69, 9.17) is 5.73 Å². The topological polar surface area (TPSA) is 113 Å². The minimum Gasteiger partial charge on any atom is -0.382 e. The Labute approximate surface area is 170 Å². The average Bonchev–Trinajstić information content (AvgIpc) is 3.26. The van der Waals surface area contributed by atoms with Crippen LogP contribution in [0.3, 0.4) is 0 Å². The molecule has 2 heterocycles. The minimum absolute atomic E-state index is 0.0258. The van der Waals surface area contributed by atoms with Gasteiger partial charge in [0.25, 0.3) is 5.91 Å². The van der Waals surface area contributed by atoms with E-state index in [1.54, 1.807) is 0 Å². The SMILES string of the molecule is CCCCC(NC(=O)c1nccnc1N)C(=O)Nc1cccc(N2CCCC2)c1. The van der Waals surface area contributed by atoms with Gasteiger partial charge in [-0.15, -0.1) is 0 Å². The predicted octanol–water partition coefficient (Wildman–Crippen LogP) is 2.59. The molecule has 1 aliphatic rings. The molecule has 0 bridgehead atoms. The number of nitrogens with zero attached hydrogens (tertiary/aromatic N) is 3. The number of anilines is 3. The molecule has 1 aromatic carbocycles. The number of rotatable bonds is 8. The number of nitrogens with two attached hydrogens (primary N) is 1. The zero-order valence-electron chi connectivity index (χ0n) is 16.7. The third-order valence-corrected chi connectivity index (χ3v) is 4.99. The normalized spacial score (nSPS) is 14.4. The third-order valence-electron chi connectivity index (χ3n) is 4.99. The van der Waals surface area contributed by atoms with Crippen LogP contribution in [0.4, 0.5) is 17.2 Å². The van der Waals surface area contributed by atoms with Gasteiger partial charge in [-0.2, -0.15) is 0 Å². The van der Waals surface area contributed by atoms with Crippen LogP contribution in [0.25, 0.3) is 0 Å². The van der Waals surface area contributed by atoms with Crippen molar-refractivity contribution in [3.63, 3.8) is 0 Å². The van der Waals surface area contributed by atoms with Crippen molar-refractivity contribution in [2.75, 3.05) is 29.0 Å². The standard InChI is InChI=1S/C21H28N6O2/c1-2-3-9-17(26-21(29)18-19(22)24-11-10-23-18)20(28)25-15-7-6-8-16(14-15)27-12-4-5-13-27/h6-8,10-11,14,17H,2-5,9,12-13H2,1H3,(H2,22,24)(H,25,28)(H,26,29). The van der Waals surface area contributed by atoms with E-state index in [9.17, 15) is 9.59 Å². The zero-order chi connectivity index (χ0) is 20.6. The molecule has 29 heavy (non-hydrogen) atoms. The molecule has 1 atom stereocenters. The number of aromatic nitrogens is 2. The Hall–Kier alpha value is -3.16. The Morgan fingerprint density at radius 2 is 1.97 bits per heavy atom. The fraction of sp³-hybridized carbons (Fsp3) is 0.429. The highest BCUT2D eigenvalue weighted by atomic mass is 16.2. The van der Waals surface area contributed by atoms with Crippen molar-refractivity contribution in [1.82, 2.24) is 15.3 Å². The molecular weight excluding hydrogens is 368 g/mol. The molecule has 1 aliphatic heterocycles. The Balaban J connectivity index is 1.69. The molecule has 8 heteroatoms. The number of amides is 2. The van der Waals surface area contributed by atoms with E-state index in [2.05, 4.69) is 25.5 Å². The van der Waals surface area contributed by atoms with E-state index in [0.29, 0.717) is 12.1 Å². The molecule has 0 aliphatic carbocycles. The first-order valence-corrected chi connectivity index (χ1v) is 10.1. The summed E-state index contributed by atoms with van der Waals surface area (Å²) in [6.45, 7) is 4.11. The lowest BCUT2D eigenvalue weighted by Crippen LogP contribution is -2.44. The monoisotopic (exact) mass is 396 g/mol. The maximum absolute atomic E-state index is 12.9. The highest BCUT2D eigenvalue weighted by Crippen LogP contribution is 2.23. The molecular formula is C21H28N6O2. The number of unbranched alkanes of at least 4 members (excludes halogenated alkanes) is 1. The molecule has 2 aromatic rings. The molecule has 1 fully saturated rings. The number of hydrogen-bond acceptors (Lipinski definition) is 6. The number of carbonyl (C=O) groups excluding carboxylic acids is 2. The summed E-state index contributed by atoms with van der Waals surface area (Å²) in [5.41, 5.74) is 7.58. The fourth-order valence-electron chi connectivity index (χ4n) is 3.41. The molecule has 0 radical (unpaired) electrons. The van der Waals surface area contributed by atoms with Crippen molar-refractivity contribution in [1.29, 1.82) is 0 Å². The van der Waals surface area contributed by atoms with Crippen LogP contribution in [-0.4, -0.2) is 40.9 Å². The number of nitrogen functional groups attached to an aromatic ring is 1. The minimum atomic E-state index is -0.681. The van der Waals surface area contributed by atoms with Gasteiger partial charge in [-0.05, 0) is 37.5 Å². The van der Waals surface area contributed by atoms with E-state index in [0.717, 1.165) is 31.6 Å². The second kappa shape index (κ2) is 9.86. The fourth-order valence-corrected chi connectivity index (χ4v) is 3.41. The van der Waals surface area contributed by atoms with Gasteiger partial charge in [0.2, 0.25) is 5.91 Å². The largest absolute Gasteiger partial charge is 0.382 e. The van der Waals surface area contributed by atoms with Crippen LogP contribution in [0.15, 0.2) is 36.7 Å². The highest BCUT2D eigenvalue weighted by molar-refractivity contribution is 6.02. The van der Waals surface area contributed by atoms with Crippen LogP contribution >= 0.6 is 0 Å². The van der Waals surface area contributed by atoms with Crippen molar-refractivity contribution < 1.29 is 9.59 Å². The van der Waals surface area contributed by atoms with E-state index in [1.165, 1.54) is 25.2 Å². The first-order chi connectivity index (χ1) is 14.1. The predicted molar refractivity (Wildman–Crippen MR) is 114 cm³/mol. The lowest BCUT2D eigenvalue weighted by Gasteiger charge is -2.20. The van der Waals surface area contributed by atoms with E-state index in [-0.39, 0.29) is 17.4 Å². The van der Waals surface area contributed by atoms with Crippen LogP contribution in [0.1, 0.15) is 49.5 Å². The first-order valence-electron chi connectivity index (χ1n) is 10.1. The quantitative estimate of drug-likeness (QED) is 0.632. The van der Waals surface area contributed by atoms with Gasteiger partial charge in [-0.1, -0.05) is 25.8 Å². The summed E-state index contributed by atoms with van der Waals surface area (Å²) in [5.74, 6) is -0.719. The van der Waals surface area contributed by atoms with Gasteiger partial charge in [0.15, 0.2) is 11.5 Å². The van der Waals surface area contributed by atoms with Gasteiger partial charge in [-0.3, -0.25) is 9.59 Å². The van der Waals surface area contributed by atoms with Crippen LogP contribution < -0.4 is 21.3 Å². The van der Waals surface area contributed by atoms with Crippen LogP contribution in [0.2, 0.25) is 0 Å². The summed E-state index contributed by atoms with van der Waals surface area (Å²) in [5, 5.41) is 5.69. The third kappa shape index (κ3) is 5.43. The second-order valence-corrected chi connectivity index (χ2v) is 7.19. The molecule has 0 saturated carbocycles. The maximum Gasteiger partial charge on any atom is 0.274 e. The molecule has 1 unspecified atom stereocenters. The first kappa shape index (κ1) is 20.6. The van der Waals surface area contributed by atoms with Gasteiger partial charge in [0.1, 0.15) is 6.04 Å². The van der Waals surface area contributed by atoms with Gasteiger partial charge in [0.05, 0.1) is 0 Å². The van der Waals surface area contributed by atoms with Gasteiger partial charge < -0.3 is 21.3 Å². The molecule has 154 valence electrons. The molecule has 0 spiro atoms. The Bertz CT molecular complexity index is 851. The van der Waals surface area contributed by atoms with Gasteiger partial charge in [-0.25, -0.2) is 9.97 Å². The zero-order valence-corrected chi connectivity index (χ0v) is 16.7. The molecule has 4 N–H and O–H groups in total. The van der Waals surface area contributed by atoms with Crippen LogP contribution in [0, 0.1) is 0 Å². The van der Waals surface area contributed by atoms with Crippen molar-refractivity contribution in [2.24, 2.45) is 0 Å². The summed E-state index contributed by atoms with van der Waals surface area (Å²) >= 11 is 0. The summed E-state index contributed by atoms with van der Waals surface area (Å²) in [4.78, 5) is 35.6. The van der Waals surface area contributed by atoms with E-state index >= 15 is 0 Å². The summed E-state index contributed by atoms with van der Waals surface area (Å²) < 4.78 is 0. The molecule has 8 nitrogen and oxygen atoms in total. The van der Waals surface area contributed by atoms with Crippen LogP contribution in [0.5, 0.6) is 0 Å². The van der Waals surface area contributed by atoms with Gasteiger partial charge >= 0.3 is 0 Å². The molecule has 2 amide bonds. The Kier molecular flexibility index (Phi) is 6.99. The van der Waals surface area contributed by atoms with E-state index in [1.807, 2.05) is 31.2 Å². The molecule has 3 rings (SSSR count). The number of benzene rings is 1. The van der Waals surface area contributed by atoms with Crippen molar-refractivity contribution in [3.8, 4) is 0 Å². The smallest absolute Gasteiger partial charge is 0.274 e. The number of hydrogen-bond donors (Lipinski definition) is 3. The van der Waals surface area contributed by atoms with Crippen LogP contribution in [-0.2, 0) is 4.79 Å². The summed E-state index contributed by atoms with van der Waals surface area (Å²) in [6.07, 6.45) is 7.44. The van der Waals surface area contributed by atoms with Gasteiger partial charge in [0, 0.05) is 36.9 Å². The maximum atomic E-state index is 12.9.